The van der Waals surface area contributed by atoms with E-state index in [2.05, 4.69) is 15.7 Å². The Morgan fingerprint density at radius 3 is 2.81 bits per heavy atom. The molecule has 3 rings (SSSR count). The highest BCUT2D eigenvalue weighted by molar-refractivity contribution is 5.99. The lowest BCUT2D eigenvalue weighted by atomic mass is 10.1. The van der Waals surface area contributed by atoms with Crippen molar-refractivity contribution >= 4 is 17.6 Å². The van der Waals surface area contributed by atoms with Crippen molar-refractivity contribution in [2.45, 2.75) is 37.5 Å². The molecule has 8 nitrogen and oxygen atoms in total. The number of nitrogen functional groups attached to an aromatic ring is 1. The molecule has 1 aliphatic carbocycles. The van der Waals surface area contributed by atoms with Gasteiger partial charge in [0.25, 0.3) is 0 Å². The molecule has 2 fully saturated rings. The zero-order valence-corrected chi connectivity index (χ0v) is 12.0. The standard InChI is InChI=1S/C13H21N5O3/c1-21-13(20)10-11(14)18(8-3-2-4-9(8)19)17-12(10)16-7-5-15-6-7/h7-9,15,19H,2-6,14H2,1H3,(H,16,17). The van der Waals surface area contributed by atoms with Crippen LogP contribution in [0.3, 0.4) is 0 Å². The second kappa shape index (κ2) is 5.53. The van der Waals surface area contributed by atoms with Crippen LogP contribution in [0.5, 0.6) is 0 Å². The monoisotopic (exact) mass is 295 g/mol. The molecule has 1 aromatic heterocycles. The van der Waals surface area contributed by atoms with E-state index < -0.39 is 12.1 Å². The van der Waals surface area contributed by atoms with Crippen LogP contribution in [-0.4, -0.2) is 53.2 Å². The van der Waals surface area contributed by atoms with Crippen LogP contribution < -0.4 is 16.4 Å². The van der Waals surface area contributed by atoms with E-state index in [1.165, 1.54) is 7.11 Å². The number of anilines is 2. The Kier molecular flexibility index (Phi) is 3.73. The van der Waals surface area contributed by atoms with Crippen molar-refractivity contribution in [2.24, 2.45) is 0 Å². The van der Waals surface area contributed by atoms with Gasteiger partial charge in [0.05, 0.1) is 25.3 Å². The lowest BCUT2D eigenvalue weighted by Gasteiger charge is -2.28. The number of aliphatic hydroxyl groups is 1. The first-order chi connectivity index (χ1) is 10.1. The fourth-order valence-corrected chi connectivity index (χ4v) is 2.89. The molecular weight excluding hydrogens is 274 g/mol. The number of nitrogens with two attached hydrogens (primary N) is 1. The Hall–Kier alpha value is -1.80. The number of rotatable bonds is 4. The molecule has 0 spiro atoms. The van der Waals surface area contributed by atoms with Crippen LogP contribution in [0.25, 0.3) is 0 Å². The number of hydrogen-bond donors (Lipinski definition) is 4. The maximum atomic E-state index is 12.0. The number of nitrogens with one attached hydrogen (secondary N) is 2. The average molecular weight is 295 g/mol. The molecule has 1 aliphatic heterocycles. The van der Waals surface area contributed by atoms with Crippen molar-refractivity contribution in [3.8, 4) is 0 Å². The molecule has 2 heterocycles. The predicted octanol–water partition coefficient (Wildman–Crippen LogP) is -0.278. The molecule has 2 aliphatic rings. The number of carbonyl (C=O) groups excluding carboxylic acids is 1. The molecule has 0 bridgehead atoms. The van der Waals surface area contributed by atoms with E-state index in [4.69, 9.17) is 10.5 Å². The number of aliphatic hydroxyl groups excluding tert-OH is 1. The van der Waals surface area contributed by atoms with Gasteiger partial charge in [0.1, 0.15) is 11.4 Å². The van der Waals surface area contributed by atoms with E-state index in [1.54, 1.807) is 4.68 Å². The van der Waals surface area contributed by atoms with E-state index in [-0.39, 0.29) is 23.5 Å². The molecule has 0 radical (unpaired) electrons. The summed E-state index contributed by atoms with van der Waals surface area (Å²) < 4.78 is 6.37. The van der Waals surface area contributed by atoms with Crippen molar-refractivity contribution in [2.75, 3.05) is 31.2 Å². The topological polar surface area (TPSA) is 114 Å². The molecule has 0 amide bonds. The number of carbonyl (C=O) groups is 1. The maximum absolute atomic E-state index is 12.0. The molecule has 2 atom stereocenters. The second-order valence-corrected chi connectivity index (χ2v) is 5.61. The number of aromatic nitrogens is 2. The minimum Gasteiger partial charge on any atom is -0.465 e. The van der Waals surface area contributed by atoms with Gasteiger partial charge in [-0.1, -0.05) is 0 Å². The second-order valence-electron chi connectivity index (χ2n) is 5.61. The highest BCUT2D eigenvalue weighted by Gasteiger charge is 2.33. The van der Waals surface area contributed by atoms with Crippen molar-refractivity contribution in [3.05, 3.63) is 5.56 Å². The third-order valence-corrected chi connectivity index (χ3v) is 4.22. The van der Waals surface area contributed by atoms with Crippen molar-refractivity contribution in [1.29, 1.82) is 0 Å². The van der Waals surface area contributed by atoms with Crippen molar-refractivity contribution < 1.29 is 14.6 Å². The number of esters is 1. The highest BCUT2D eigenvalue weighted by atomic mass is 16.5. The van der Waals surface area contributed by atoms with Crippen molar-refractivity contribution in [3.63, 3.8) is 0 Å². The van der Waals surface area contributed by atoms with E-state index in [0.717, 1.165) is 32.4 Å². The number of ether oxygens (including phenoxy) is 1. The Morgan fingerprint density at radius 1 is 1.52 bits per heavy atom. The van der Waals surface area contributed by atoms with Gasteiger partial charge >= 0.3 is 5.97 Å². The molecule has 1 saturated carbocycles. The third-order valence-electron chi connectivity index (χ3n) is 4.22. The van der Waals surface area contributed by atoms with Crippen LogP contribution in [0.4, 0.5) is 11.6 Å². The quantitative estimate of drug-likeness (QED) is 0.565. The Balaban J connectivity index is 1.94. The van der Waals surface area contributed by atoms with Gasteiger partial charge in [-0.05, 0) is 19.3 Å². The average Bonchev–Trinajstić information content (AvgIpc) is 2.97. The first-order valence-corrected chi connectivity index (χ1v) is 7.23. The zero-order chi connectivity index (χ0) is 15.0. The van der Waals surface area contributed by atoms with Gasteiger partial charge in [0, 0.05) is 13.1 Å². The van der Waals surface area contributed by atoms with Crippen LogP contribution in [0.2, 0.25) is 0 Å². The van der Waals surface area contributed by atoms with Crippen LogP contribution in [0.1, 0.15) is 35.7 Å². The van der Waals surface area contributed by atoms with Gasteiger partial charge in [0.2, 0.25) is 0 Å². The first kappa shape index (κ1) is 14.2. The van der Waals surface area contributed by atoms with Crippen molar-refractivity contribution in [1.82, 2.24) is 15.1 Å². The zero-order valence-electron chi connectivity index (χ0n) is 12.0. The smallest absolute Gasteiger partial charge is 0.345 e. The molecule has 1 saturated heterocycles. The molecule has 0 aromatic carbocycles. The lowest BCUT2D eigenvalue weighted by Crippen LogP contribution is -2.51. The Morgan fingerprint density at radius 2 is 2.29 bits per heavy atom. The summed E-state index contributed by atoms with van der Waals surface area (Å²) in [4.78, 5) is 12.0. The lowest BCUT2D eigenvalue weighted by molar-refractivity contribution is 0.0602. The SMILES string of the molecule is COC(=O)c1c(NC2CNC2)nn(C2CCCC2O)c1N. The van der Waals surface area contributed by atoms with Gasteiger partial charge < -0.3 is 26.2 Å². The van der Waals surface area contributed by atoms with E-state index in [0.29, 0.717) is 5.82 Å². The summed E-state index contributed by atoms with van der Waals surface area (Å²) in [6.45, 7) is 1.64. The number of methoxy groups -OCH3 is 1. The molecule has 2 unspecified atom stereocenters. The first-order valence-electron chi connectivity index (χ1n) is 7.23. The minimum absolute atomic E-state index is 0.177. The summed E-state index contributed by atoms with van der Waals surface area (Å²) in [6, 6.07) is 0.0492. The summed E-state index contributed by atoms with van der Waals surface area (Å²) in [5.74, 6) is 0.175. The van der Waals surface area contributed by atoms with E-state index in [1.807, 2.05) is 0 Å². The van der Waals surface area contributed by atoms with Gasteiger partial charge in [-0.2, -0.15) is 5.10 Å². The Labute approximate surface area is 122 Å². The molecule has 1 aromatic rings. The van der Waals surface area contributed by atoms with E-state index in [9.17, 15) is 9.90 Å². The molecule has 8 heteroatoms. The fourth-order valence-electron chi connectivity index (χ4n) is 2.89. The van der Waals surface area contributed by atoms with Crippen LogP contribution in [0.15, 0.2) is 0 Å². The molecule has 21 heavy (non-hydrogen) atoms. The molecular formula is C13H21N5O3. The van der Waals surface area contributed by atoms with Gasteiger partial charge in [0.15, 0.2) is 5.82 Å². The summed E-state index contributed by atoms with van der Waals surface area (Å²) in [7, 11) is 1.32. The summed E-state index contributed by atoms with van der Waals surface area (Å²) >= 11 is 0. The molecule has 116 valence electrons. The van der Waals surface area contributed by atoms with Gasteiger partial charge in [-0.15, -0.1) is 0 Å². The molecule has 5 N–H and O–H groups in total. The van der Waals surface area contributed by atoms with Gasteiger partial charge in [-0.3, -0.25) is 0 Å². The van der Waals surface area contributed by atoms with Crippen LogP contribution >= 0.6 is 0 Å². The highest BCUT2D eigenvalue weighted by Crippen LogP contribution is 2.35. The largest absolute Gasteiger partial charge is 0.465 e. The normalized spacial score (nSPS) is 25.6. The predicted molar refractivity (Wildman–Crippen MR) is 77.2 cm³/mol. The summed E-state index contributed by atoms with van der Waals surface area (Å²) in [5.41, 5.74) is 6.34. The van der Waals surface area contributed by atoms with Crippen LogP contribution in [-0.2, 0) is 4.74 Å². The fraction of sp³-hybridized carbons (Fsp3) is 0.692. The van der Waals surface area contributed by atoms with E-state index >= 15 is 0 Å². The number of hydrogen-bond acceptors (Lipinski definition) is 7. The minimum atomic E-state index is -0.513. The Bertz CT molecular complexity index is 540. The number of nitrogens with zero attached hydrogens (tertiary/aromatic N) is 2. The third kappa shape index (κ3) is 2.44. The van der Waals surface area contributed by atoms with Gasteiger partial charge in [-0.25, -0.2) is 9.48 Å². The summed E-state index contributed by atoms with van der Waals surface area (Å²) in [6.07, 6.45) is 1.98. The van der Waals surface area contributed by atoms with Crippen LogP contribution in [0, 0.1) is 0 Å². The summed E-state index contributed by atoms with van der Waals surface area (Å²) in [5, 5.41) is 20.8. The maximum Gasteiger partial charge on any atom is 0.345 e.